The van der Waals surface area contributed by atoms with Gasteiger partial charge in [-0.05, 0) is 49.7 Å². The predicted octanol–water partition coefficient (Wildman–Crippen LogP) is 2.48. The molecule has 1 amide bonds. The Morgan fingerprint density at radius 1 is 1.33 bits per heavy atom. The van der Waals surface area contributed by atoms with Crippen molar-refractivity contribution >= 4 is 17.7 Å². The summed E-state index contributed by atoms with van der Waals surface area (Å²) in [6.45, 7) is 0. The predicted molar refractivity (Wildman–Crippen MR) is 72.3 cm³/mol. The normalized spacial score (nSPS) is 18.9. The molecule has 1 aromatic heterocycles. The number of nitrogens with zero attached hydrogens (tertiary/aromatic N) is 1. The van der Waals surface area contributed by atoms with Crippen molar-refractivity contribution in [1.29, 1.82) is 0 Å². The molecule has 1 aromatic rings. The minimum atomic E-state index is 0.162. The van der Waals surface area contributed by atoms with E-state index in [0.717, 1.165) is 16.9 Å². The fourth-order valence-corrected chi connectivity index (χ4v) is 3.00. The minimum Gasteiger partial charge on any atom is -0.352 e. The molecular formula is C14H18N2OS. The van der Waals surface area contributed by atoms with E-state index in [9.17, 15) is 4.79 Å². The first-order valence-electron chi connectivity index (χ1n) is 6.66. The van der Waals surface area contributed by atoms with E-state index in [2.05, 4.69) is 10.3 Å². The molecule has 3 nitrogen and oxygen atoms in total. The van der Waals surface area contributed by atoms with Crippen LogP contribution in [0.1, 0.15) is 25.7 Å². The maximum atomic E-state index is 11.9. The first-order chi connectivity index (χ1) is 8.83. The highest BCUT2D eigenvalue weighted by molar-refractivity contribution is 7.99. The SMILES string of the molecule is O=C(CSc1ccccn1)NC(C1CC1)C1CC1. The monoisotopic (exact) mass is 262 g/mol. The Balaban J connectivity index is 1.46. The molecule has 0 atom stereocenters. The lowest BCUT2D eigenvalue weighted by atomic mass is 10.1. The van der Waals surface area contributed by atoms with Gasteiger partial charge in [-0.25, -0.2) is 4.98 Å². The third-order valence-corrected chi connectivity index (χ3v) is 4.52. The van der Waals surface area contributed by atoms with Crippen molar-refractivity contribution in [3.63, 3.8) is 0 Å². The van der Waals surface area contributed by atoms with Gasteiger partial charge in [-0.15, -0.1) is 0 Å². The smallest absolute Gasteiger partial charge is 0.230 e. The Labute approximate surface area is 112 Å². The zero-order valence-corrected chi connectivity index (χ0v) is 11.2. The number of amides is 1. The molecule has 0 aliphatic heterocycles. The molecule has 0 unspecified atom stereocenters. The van der Waals surface area contributed by atoms with Gasteiger partial charge in [0.25, 0.3) is 0 Å². The van der Waals surface area contributed by atoms with E-state index in [1.165, 1.54) is 37.4 Å². The zero-order chi connectivity index (χ0) is 12.4. The van der Waals surface area contributed by atoms with Gasteiger partial charge in [-0.1, -0.05) is 17.8 Å². The molecule has 0 aromatic carbocycles. The fourth-order valence-electron chi connectivity index (χ4n) is 2.33. The van der Waals surface area contributed by atoms with Gasteiger partial charge in [0.05, 0.1) is 10.8 Å². The maximum Gasteiger partial charge on any atom is 0.230 e. The van der Waals surface area contributed by atoms with Crippen LogP contribution in [0.3, 0.4) is 0 Å². The van der Waals surface area contributed by atoms with Crippen LogP contribution < -0.4 is 5.32 Å². The van der Waals surface area contributed by atoms with Gasteiger partial charge in [0.15, 0.2) is 0 Å². The van der Waals surface area contributed by atoms with E-state index >= 15 is 0 Å². The Morgan fingerprint density at radius 3 is 2.61 bits per heavy atom. The highest BCUT2D eigenvalue weighted by atomic mass is 32.2. The molecule has 0 radical (unpaired) electrons. The number of thioether (sulfide) groups is 1. The number of nitrogens with one attached hydrogen (secondary N) is 1. The number of rotatable bonds is 6. The van der Waals surface area contributed by atoms with Crippen LogP contribution in [0.25, 0.3) is 0 Å². The summed E-state index contributed by atoms with van der Waals surface area (Å²) in [4.78, 5) is 16.1. The second-order valence-electron chi connectivity index (χ2n) is 5.22. The maximum absolute atomic E-state index is 11.9. The standard InChI is InChI=1S/C14H18N2OS/c17-12(9-18-13-3-1-2-8-15-13)16-14(10-4-5-10)11-6-7-11/h1-3,8,10-11,14H,4-7,9H2,(H,16,17). The van der Waals surface area contributed by atoms with Gasteiger partial charge >= 0.3 is 0 Å². The largest absolute Gasteiger partial charge is 0.352 e. The second-order valence-corrected chi connectivity index (χ2v) is 6.22. The van der Waals surface area contributed by atoms with Crippen molar-refractivity contribution in [3.8, 4) is 0 Å². The molecule has 2 aliphatic carbocycles. The Bertz CT molecular complexity index is 403. The summed E-state index contributed by atoms with van der Waals surface area (Å²) >= 11 is 1.51. The molecule has 0 bridgehead atoms. The number of carbonyl (C=O) groups is 1. The van der Waals surface area contributed by atoms with E-state index in [-0.39, 0.29) is 5.91 Å². The van der Waals surface area contributed by atoms with Crippen LogP contribution in [-0.4, -0.2) is 22.7 Å². The van der Waals surface area contributed by atoms with Crippen LogP contribution in [0.2, 0.25) is 0 Å². The van der Waals surface area contributed by atoms with Crippen LogP contribution in [-0.2, 0) is 4.79 Å². The molecule has 18 heavy (non-hydrogen) atoms. The van der Waals surface area contributed by atoms with Crippen LogP contribution in [0.5, 0.6) is 0 Å². The van der Waals surface area contributed by atoms with Gasteiger partial charge < -0.3 is 5.32 Å². The van der Waals surface area contributed by atoms with Crippen LogP contribution in [0, 0.1) is 11.8 Å². The average molecular weight is 262 g/mol. The zero-order valence-electron chi connectivity index (χ0n) is 10.3. The summed E-state index contributed by atoms with van der Waals surface area (Å²) in [6, 6.07) is 6.24. The fraction of sp³-hybridized carbons (Fsp3) is 0.571. The van der Waals surface area contributed by atoms with E-state index in [0.29, 0.717) is 11.8 Å². The van der Waals surface area contributed by atoms with Crippen molar-refractivity contribution in [2.75, 3.05) is 5.75 Å². The van der Waals surface area contributed by atoms with Crippen molar-refractivity contribution in [3.05, 3.63) is 24.4 Å². The van der Waals surface area contributed by atoms with Crippen LogP contribution >= 0.6 is 11.8 Å². The Morgan fingerprint density at radius 2 is 2.06 bits per heavy atom. The van der Waals surface area contributed by atoms with E-state index in [1.807, 2.05) is 18.2 Å². The molecule has 1 heterocycles. The summed E-state index contributed by atoms with van der Waals surface area (Å²) in [6.07, 6.45) is 6.96. The lowest BCUT2D eigenvalue weighted by molar-refractivity contribution is -0.119. The summed E-state index contributed by atoms with van der Waals surface area (Å²) in [7, 11) is 0. The number of hydrogen-bond acceptors (Lipinski definition) is 3. The molecule has 96 valence electrons. The number of pyridine rings is 1. The molecule has 0 saturated heterocycles. The highest BCUT2D eigenvalue weighted by Crippen LogP contribution is 2.44. The molecule has 3 rings (SSSR count). The van der Waals surface area contributed by atoms with Gasteiger partial charge in [0.2, 0.25) is 5.91 Å². The molecule has 4 heteroatoms. The summed E-state index contributed by atoms with van der Waals surface area (Å²) in [5.74, 6) is 2.17. The Kier molecular flexibility index (Phi) is 3.55. The van der Waals surface area contributed by atoms with Gasteiger partial charge in [0.1, 0.15) is 0 Å². The summed E-state index contributed by atoms with van der Waals surface area (Å²) in [5, 5.41) is 4.14. The number of carbonyl (C=O) groups excluding carboxylic acids is 1. The van der Waals surface area contributed by atoms with Crippen molar-refractivity contribution in [2.24, 2.45) is 11.8 Å². The third kappa shape index (κ3) is 3.25. The van der Waals surface area contributed by atoms with E-state index in [4.69, 9.17) is 0 Å². The molecular weight excluding hydrogens is 244 g/mol. The molecule has 2 fully saturated rings. The highest BCUT2D eigenvalue weighted by Gasteiger charge is 2.42. The first kappa shape index (κ1) is 12.0. The van der Waals surface area contributed by atoms with Gasteiger partial charge in [0, 0.05) is 12.2 Å². The third-order valence-electron chi connectivity index (χ3n) is 3.58. The summed E-state index contributed by atoms with van der Waals surface area (Å²) < 4.78 is 0. The quantitative estimate of drug-likeness (QED) is 0.801. The summed E-state index contributed by atoms with van der Waals surface area (Å²) in [5.41, 5.74) is 0. The van der Waals surface area contributed by atoms with Gasteiger partial charge in [-0.3, -0.25) is 4.79 Å². The molecule has 2 aliphatic rings. The lowest BCUT2D eigenvalue weighted by Gasteiger charge is -2.17. The van der Waals surface area contributed by atoms with Crippen molar-refractivity contribution in [1.82, 2.24) is 10.3 Å². The minimum absolute atomic E-state index is 0.162. The van der Waals surface area contributed by atoms with Crippen molar-refractivity contribution < 1.29 is 4.79 Å². The topological polar surface area (TPSA) is 42.0 Å². The average Bonchev–Trinajstić information content (AvgIpc) is 3.28. The Hall–Kier alpha value is -1.03. The van der Waals surface area contributed by atoms with Crippen molar-refractivity contribution in [2.45, 2.75) is 36.8 Å². The number of hydrogen-bond donors (Lipinski definition) is 1. The van der Waals surface area contributed by atoms with E-state index < -0.39 is 0 Å². The second kappa shape index (κ2) is 5.31. The molecule has 0 spiro atoms. The van der Waals surface area contributed by atoms with Crippen LogP contribution in [0.4, 0.5) is 0 Å². The van der Waals surface area contributed by atoms with E-state index in [1.54, 1.807) is 6.20 Å². The molecule has 2 saturated carbocycles. The van der Waals surface area contributed by atoms with Crippen LogP contribution in [0.15, 0.2) is 29.4 Å². The van der Waals surface area contributed by atoms with Gasteiger partial charge in [-0.2, -0.15) is 0 Å². The lowest BCUT2D eigenvalue weighted by Crippen LogP contribution is -2.39. The number of aromatic nitrogens is 1. The first-order valence-corrected chi connectivity index (χ1v) is 7.64. The molecule has 1 N–H and O–H groups in total.